The molecule has 0 aromatic heterocycles. The fourth-order valence-corrected chi connectivity index (χ4v) is 1.26. The summed E-state index contributed by atoms with van der Waals surface area (Å²) in [6.45, 7) is 0. The zero-order chi connectivity index (χ0) is 10.7. The molecule has 0 fully saturated rings. The van der Waals surface area contributed by atoms with Crippen LogP contribution in [0.5, 0.6) is 5.75 Å². The van der Waals surface area contributed by atoms with E-state index in [1.807, 2.05) is 0 Å². The number of nitrogens with two attached hydrogens (primary N) is 1. The monoisotopic (exact) mass is 215 g/mol. The van der Waals surface area contributed by atoms with E-state index in [-0.39, 0.29) is 0 Å². The SMILES string of the molecule is COc1ccc(Cl)c([C@H](N)C(=O)O)c1. The van der Waals surface area contributed by atoms with E-state index in [0.29, 0.717) is 16.3 Å². The Hall–Kier alpha value is -1.26. The van der Waals surface area contributed by atoms with Crippen molar-refractivity contribution in [3.8, 4) is 5.75 Å². The van der Waals surface area contributed by atoms with Crippen LogP contribution in [0.15, 0.2) is 18.2 Å². The van der Waals surface area contributed by atoms with Crippen molar-refractivity contribution in [2.45, 2.75) is 6.04 Å². The second-order valence-electron chi connectivity index (χ2n) is 2.70. The van der Waals surface area contributed by atoms with E-state index in [2.05, 4.69) is 0 Å². The molecule has 1 rings (SSSR count). The molecular weight excluding hydrogens is 206 g/mol. The molecule has 0 aliphatic rings. The van der Waals surface area contributed by atoms with E-state index in [1.54, 1.807) is 12.1 Å². The zero-order valence-corrected chi connectivity index (χ0v) is 8.28. The maximum Gasteiger partial charge on any atom is 0.325 e. The van der Waals surface area contributed by atoms with Crippen LogP contribution >= 0.6 is 11.6 Å². The summed E-state index contributed by atoms with van der Waals surface area (Å²) in [7, 11) is 1.49. The van der Waals surface area contributed by atoms with Gasteiger partial charge in [0, 0.05) is 10.6 Å². The first kappa shape index (κ1) is 10.8. The lowest BCUT2D eigenvalue weighted by Crippen LogP contribution is -2.20. The lowest BCUT2D eigenvalue weighted by molar-refractivity contribution is -0.138. The number of halogens is 1. The fourth-order valence-electron chi connectivity index (χ4n) is 1.02. The first-order valence-corrected chi connectivity index (χ1v) is 4.26. The van der Waals surface area contributed by atoms with Crippen LogP contribution in [0.3, 0.4) is 0 Å². The molecule has 0 heterocycles. The fraction of sp³-hybridized carbons (Fsp3) is 0.222. The van der Waals surface area contributed by atoms with Gasteiger partial charge in [-0.25, -0.2) is 0 Å². The summed E-state index contributed by atoms with van der Waals surface area (Å²) in [5, 5.41) is 9.02. The molecule has 14 heavy (non-hydrogen) atoms. The summed E-state index contributed by atoms with van der Waals surface area (Å²) in [5.74, 6) is -0.596. The van der Waals surface area contributed by atoms with E-state index in [4.69, 9.17) is 27.2 Å². The first-order chi connectivity index (χ1) is 6.56. The Labute approximate surface area is 86.2 Å². The summed E-state index contributed by atoms with van der Waals surface area (Å²) in [4.78, 5) is 10.6. The van der Waals surface area contributed by atoms with Crippen LogP contribution in [0.4, 0.5) is 0 Å². The minimum Gasteiger partial charge on any atom is -0.497 e. The van der Waals surface area contributed by atoms with Crippen LogP contribution in [0, 0.1) is 0 Å². The predicted molar refractivity (Wildman–Crippen MR) is 52.6 cm³/mol. The normalized spacial score (nSPS) is 12.2. The van der Waals surface area contributed by atoms with Gasteiger partial charge in [-0.3, -0.25) is 4.79 Å². The average molecular weight is 216 g/mol. The molecule has 0 saturated carbocycles. The number of hydrogen-bond acceptors (Lipinski definition) is 3. The molecule has 0 spiro atoms. The van der Waals surface area contributed by atoms with Gasteiger partial charge in [-0.05, 0) is 18.2 Å². The molecule has 0 radical (unpaired) electrons. The molecule has 1 aromatic carbocycles. The van der Waals surface area contributed by atoms with Gasteiger partial charge >= 0.3 is 5.97 Å². The number of carbonyl (C=O) groups is 1. The molecule has 4 nitrogen and oxygen atoms in total. The third kappa shape index (κ3) is 2.16. The number of hydrogen-bond donors (Lipinski definition) is 2. The van der Waals surface area contributed by atoms with Crippen LogP contribution in [-0.2, 0) is 4.79 Å². The van der Waals surface area contributed by atoms with Gasteiger partial charge in [-0.2, -0.15) is 0 Å². The highest BCUT2D eigenvalue weighted by Gasteiger charge is 2.17. The van der Waals surface area contributed by atoms with E-state index < -0.39 is 12.0 Å². The Morgan fingerprint density at radius 1 is 1.64 bits per heavy atom. The van der Waals surface area contributed by atoms with Crippen LogP contribution in [0.25, 0.3) is 0 Å². The Morgan fingerprint density at radius 2 is 2.29 bits per heavy atom. The number of rotatable bonds is 3. The summed E-state index contributed by atoms with van der Waals surface area (Å²) < 4.78 is 4.93. The molecule has 0 amide bonds. The number of carboxylic acid groups (broad SMARTS) is 1. The highest BCUT2D eigenvalue weighted by Crippen LogP contribution is 2.26. The molecule has 0 aliphatic heterocycles. The highest BCUT2D eigenvalue weighted by molar-refractivity contribution is 6.31. The largest absolute Gasteiger partial charge is 0.497 e. The zero-order valence-electron chi connectivity index (χ0n) is 7.53. The molecule has 76 valence electrons. The summed E-state index contributed by atoms with van der Waals surface area (Å²) in [6, 6.07) is 3.58. The smallest absolute Gasteiger partial charge is 0.325 e. The second-order valence-corrected chi connectivity index (χ2v) is 3.11. The summed E-state index contributed by atoms with van der Waals surface area (Å²) in [5.41, 5.74) is 5.77. The molecule has 3 N–H and O–H groups in total. The van der Waals surface area contributed by atoms with Crippen molar-refractivity contribution in [1.29, 1.82) is 0 Å². The Morgan fingerprint density at radius 3 is 2.79 bits per heavy atom. The van der Waals surface area contributed by atoms with Crippen molar-refractivity contribution in [3.63, 3.8) is 0 Å². The standard InChI is InChI=1S/C9H10ClNO3/c1-14-5-2-3-7(10)6(4-5)8(11)9(12)13/h2-4,8H,11H2,1H3,(H,12,13)/t8-/m0/s1. The van der Waals surface area contributed by atoms with Gasteiger partial charge in [-0.15, -0.1) is 0 Å². The van der Waals surface area contributed by atoms with Gasteiger partial charge in [0.15, 0.2) is 0 Å². The molecular formula is C9H10ClNO3. The number of aliphatic carboxylic acids is 1. The minimum atomic E-state index is -1.13. The molecule has 0 unspecified atom stereocenters. The number of benzene rings is 1. The molecule has 0 saturated heterocycles. The van der Waals surface area contributed by atoms with Crippen LogP contribution in [0.2, 0.25) is 5.02 Å². The number of carboxylic acids is 1. The van der Waals surface area contributed by atoms with Gasteiger partial charge < -0.3 is 15.6 Å². The molecule has 1 aromatic rings. The lowest BCUT2D eigenvalue weighted by atomic mass is 10.1. The maximum absolute atomic E-state index is 10.6. The molecule has 5 heteroatoms. The molecule has 0 aliphatic carbocycles. The van der Waals surface area contributed by atoms with E-state index >= 15 is 0 Å². The van der Waals surface area contributed by atoms with E-state index in [0.717, 1.165) is 0 Å². The quantitative estimate of drug-likeness (QED) is 0.800. The van der Waals surface area contributed by atoms with Crippen molar-refractivity contribution in [2.24, 2.45) is 5.73 Å². The Balaban J connectivity index is 3.11. The van der Waals surface area contributed by atoms with Gasteiger partial charge in [0.25, 0.3) is 0 Å². The highest BCUT2D eigenvalue weighted by atomic mass is 35.5. The predicted octanol–water partition coefficient (Wildman–Crippen LogP) is 1.43. The van der Waals surface area contributed by atoms with Crippen molar-refractivity contribution in [2.75, 3.05) is 7.11 Å². The average Bonchev–Trinajstić information content (AvgIpc) is 2.17. The van der Waals surface area contributed by atoms with E-state index in [9.17, 15) is 4.79 Å². The third-order valence-corrected chi connectivity index (χ3v) is 2.15. The van der Waals surface area contributed by atoms with Crippen molar-refractivity contribution in [3.05, 3.63) is 28.8 Å². The van der Waals surface area contributed by atoms with Crippen molar-refractivity contribution in [1.82, 2.24) is 0 Å². The van der Waals surface area contributed by atoms with Crippen LogP contribution in [-0.4, -0.2) is 18.2 Å². The maximum atomic E-state index is 10.6. The Bertz CT molecular complexity index is 354. The van der Waals surface area contributed by atoms with Gasteiger partial charge in [0.05, 0.1) is 7.11 Å². The summed E-state index contributed by atoms with van der Waals surface area (Å²) >= 11 is 5.79. The van der Waals surface area contributed by atoms with Gasteiger partial charge in [-0.1, -0.05) is 11.6 Å². The van der Waals surface area contributed by atoms with Crippen LogP contribution in [0.1, 0.15) is 11.6 Å². The number of ether oxygens (including phenoxy) is 1. The summed E-state index contributed by atoms with van der Waals surface area (Å²) in [6.07, 6.45) is 0. The Kier molecular flexibility index (Phi) is 3.33. The van der Waals surface area contributed by atoms with Crippen LogP contribution < -0.4 is 10.5 Å². The minimum absolute atomic E-state index is 0.320. The first-order valence-electron chi connectivity index (χ1n) is 3.88. The number of methoxy groups -OCH3 is 1. The third-order valence-electron chi connectivity index (χ3n) is 1.80. The lowest BCUT2D eigenvalue weighted by Gasteiger charge is -2.10. The molecule has 1 atom stereocenters. The topological polar surface area (TPSA) is 72.5 Å². The second kappa shape index (κ2) is 4.30. The molecule has 0 bridgehead atoms. The van der Waals surface area contributed by atoms with E-state index in [1.165, 1.54) is 13.2 Å². The van der Waals surface area contributed by atoms with Gasteiger partial charge in [0.1, 0.15) is 11.8 Å². The van der Waals surface area contributed by atoms with Crippen molar-refractivity contribution >= 4 is 17.6 Å². The van der Waals surface area contributed by atoms with Crippen molar-refractivity contribution < 1.29 is 14.6 Å². The van der Waals surface area contributed by atoms with Gasteiger partial charge in [0.2, 0.25) is 0 Å².